The van der Waals surface area contributed by atoms with E-state index in [-0.39, 0.29) is 11.7 Å². The largest absolute Gasteiger partial charge is 0.491 e. The van der Waals surface area contributed by atoms with Crippen molar-refractivity contribution in [3.05, 3.63) is 45.6 Å². The number of nitrogens with one attached hydrogen (secondary N) is 1. The molecular weight excluding hydrogens is 350 g/mol. The maximum Gasteiger partial charge on any atom is 0.265 e. The van der Waals surface area contributed by atoms with Crippen molar-refractivity contribution in [3.8, 4) is 11.5 Å². The summed E-state index contributed by atoms with van der Waals surface area (Å²) in [4.78, 5) is 26.1. The van der Waals surface area contributed by atoms with Crippen molar-refractivity contribution >= 4 is 23.0 Å². The normalized spacial score (nSPS) is 11.1. The monoisotopic (exact) mass is 375 g/mol. The van der Waals surface area contributed by atoms with Crippen LogP contribution in [0.2, 0.25) is 0 Å². The molecule has 0 saturated carbocycles. The summed E-state index contributed by atoms with van der Waals surface area (Å²) in [5.74, 6) is 0.281. The van der Waals surface area contributed by atoms with Crippen LogP contribution < -0.4 is 14.8 Å². The first-order chi connectivity index (χ1) is 12.3. The summed E-state index contributed by atoms with van der Waals surface area (Å²) < 4.78 is 10.7. The van der Waals surface area contributed by atoms with Crippen molar-refractivity contribution in [2.75, 3.05) is 20.8 Å². The van der Waals surface area contributed by atoms with Gasteiger partial charge in [0.15, 0.2) is 17.3 Å². The Labute approximate surface area is 158 Å². The molecule has 1 aromatic heterocycles. The molecular formula is C20H25NO4S. The third kappa shape index (κ3) is 4.43. The van der Waals surface area contributed by atoms with Crippen LogP contribution in [-0.4, -0.2) is 32.5 Å². The van der Waals surface area contributed by atoms with Gasteiger partial charge in [0, 0.05) is 12.0 Å². The highest BCUT2D eigenvalue weighted by Gasteiger charge is 2.33. The van der Waals surface area contributed by atoms with Crippen LogP contribution in [0.5, 0.6) is 11.5 Å². The molecule has 26 heavy (non-hydrogen) atoms. The maximum absolute atomic E-state index is 12.7. The van der Waals surface area contributed by atoms with Crippen molar-refractivity contribution < 1.29 is 19.1 Å². The number of thiophene rings is 1. The average molecular weight is 375 g/mol. The zero-order valence-electron chi connectivity index (χ0n) is 15.8. The second-order valence-corrected chi connectivity index (χ2v) is 7.92. The molecule has 0 bridgehead atoms. The van der Waals surface area contributed by atoms with Crippen LogP contribution in [0.25, 0.3) is 0 Å². The van der Waals surface area contributed by atoms with E-state index >= 15 is 0 Å². The summed E-state index contributed by atoms with van der Waals surface area (Å²) in [5, 5.41) is 2.89. The van der Waals surface area contributed by atoms with Gasteiger partial charge < -0.3 is 14.8 Å². The molecule has 0 atom stereocenters. The lowest BCUT2D eigenvalue weighted by Gasteiger charge is -2.16. The van der Waals surface area contributed by atoms with Gasteiger partial charge in [-0.25, -0.2) is 0 Å². The molecule has 0 aliphatic heterocycles. The molecule has 0 saturated heterocycles. The molecule has 1 aromatic carbocycles. The first-order valence-electron chi connectivity index (χ1n) is 8.41. The van der Waals surface area contributed by atoms with Crippen LogP contribution in [0.3, 0.4) is 0 Å². The summed E-state index contributed by atoms with van der Waals surface area (Å²) in [6.07, 6.45) is 0.727. The van der Waals surface area contributed by atoms with Gasteiger partial charge in [0.1, 0.15) is 9.75 Å². The SMILES string of the molecule is COc1c(C(=O)NCCc2ccccc2)sc(C(=O)C(C)(C)C)c1OC. The predicted molar refractivity (Wildman–Crippen MR) is 104 cm³/mol. The highest BCUT2D eigenvalue weighted by Crippen LogP contribution is 2.44. The topological polar surface area (TPSA) is 64.6 Å². The van der Waals surface area contributed by atoms with E-state index in [1.807, 2.05) is 51.1 Å². The van der Waals surface area contributed by atoms with Crippen molar-refractivity contribution in [1.29, 1.82) is 0 Å². The minimum absolute atomic E-state index is 0.0824. The quantitative estimate of drug-likeness (QED) is 0.744. The summed E-state index contributed by atoms with van der Waals surface area (Å²) in [6, 6.07) is 9.92. The number of hydrogen-bond acceptors (Lipinski definition) is 5. The second kappa shape index (κ2) is 8.36. The summed E-state index contributed by atoms with van der Waals surface area (Å²) in [7, 11) is 2.94. The number of carbonyl (C=O) groups is 2. The van der Waals surface area contributed by atoms with E-state index in [2.05, 4.69) is 5.32 Å². The minimum atomic E-state index is -0.579. The number of methoxy groups -OCH3 is 2. The van der Waals surface area contributed by atoms with Gasteiger partial charge in [0.25, 0.3) is 5.91 Å². The lowest BCUT2D eigenvalue weighted by atomic mass is 9.90. The van der Waals surface area contributed by atoms with Crippen molar-refractivity contribution in [2.45, 2.75) is 27.2 Å². The molecule has 0 unspecified atom stereocenters. The molecule has 0 aliphatic rings. The molecule has 140 valence electrons. The van der Waals surface area contributed by atoms with Crippen LogP contribution in [0.4, 0.5) is 0 Å². The Morgan fingerprint density at radius 2 is 1.58 bits per heavy atom. The second-order valence-electron chi connectivity index (χ2n) is 6.90. The molecule has 2 rings (SSSR count). The Morgan fingerprint density at radius 1 is 1.00 bits per heavy atom. The summed E-state index contributed by atoms with van der Waals surface area (Å²) >= 11 is 1.11. The number of Topliss-reactive ketones (excluding diaryl/α,β-unsaturated/α-hetero) is 1. The van der Waals surface area contributed by atoms with Gasteiger partial charge in [-0.3, -0.25) is 9.59 Å². The number of hydrogen-bond donors (Lipinski definition) is 1. The van der Waals surface area contributed by atoms with Gasteiger partial charge in [0.05, 0.1) is 14.2 Å². The van der Waals surface area contributed by atoms with E-state index in [9.17, 15) is 9.59 Å². The molecule has 2 aromatic rings. The number of carbonyl (C=O) groups excluding carboxylic acids is 2. The summed E-state index contributed by atoms with van der Waals surface area (Å²) in [6.45, 7) is 6.00. The number of ketones is 1. The Kier molecular flexibility index (Phi) is 6.42. The predicted octanol–water partition coefficient (Wildman–Crippen LogP) is 3.97. The van der Waals surface area contributed by atoms with Crippen LogP contribution in [0, 0.1) is 5.41 Å². The van der Waals surface area contributed by atoms with E-state index in [4.69, 9.17) is 9.47 Å². The molecule has 1 amide bonds. The van der Waals surface area contributed by atoms with Crippen molar-refractivity contribution in [1.82, 2.24) is 5.32 Å². The van der Waals surface area contributed by atoms with Crippen LogP contribution in [-0.2, 0) is 6.42 Å². The molecule has 5 nitrogen and oxygen atoms in total. The third-order valence-electron chi connectivity index (χ3n) is 3.87. The van der Waals surface area contributed by atoms with Crippen LogP contribution in [0.1, 0.15) is 45.7 Å². The third-order valence-corrected chi connectivity index (χ3v) is 5.02. The number of amides is 1. The lowest BCUT2D eigenvalue weighted by Crippen LogP contribution is -2.25. The van der Waals surface area contributed by atoms with E-state index in [0.29, 0.717) is 27.8 Å². The fraction of sp³-hybridized carbons (Fsp3) is 0.400. The Balaban J connectivity index is 2.20. The summed E-state index contributed by atoms with van der Waals surface area (Å²) in [5.41, 5.74) is 0.566. The molecule has 0 aliphatic carbocycles. The molecule has 1 heterocycles. The zero-order chi connectivity index (χ0) is 19.3. The van der Waals surface area contributed by atoms with Gasteiger partial charge in [-0.15, -0.1) is 11.3 Å². The van der Waals surface area contributed by atoms with E-state index in [1.54, 1.807) is 0 Å². The Bertz CT molecular complexity index is 775. The van der Waals surface area contributed by atoms with Gasteiger partial charge >= 0.3 is 0 Å². The van der Waals surface area contributed by atoms with Crippen molar-refractivity contribution in [2.24, 2.45) is 5.41 Å². The fourth-order valence-electron chi connectivity index (χ4n) is 2.46. The number of ether oxygens (including phenoxy) is 2. The van der Waals surface area contributed by atoms with E-state index < -0.39 is 5.41 Å². The van der Waals surface area contributed by atoms with Gasteiger partial charge in [-0.2, -0.15) is 0 Å². The Morgan fingerprint density at radius 3 is 2.12 bits per heavy atom. The molecule has 0 radical (unpaired) electrons. The first kappa shape index (κ1) is 20.0. The first-order valence-corrected chi connectivity index (χ1v) is 9.23. The van der Waals surface area contributed by atoms with Gasteiger partial charge in [-0.1, -0.05) is 51.1 Å². The number of rotatable bonds is 7. The van der Waals surface area contributed by atoms with E-state index in [1.165, 1.54) is 14.2 Å². The van der Waals surface area contributed by atoms with Gasteiger partial charge in [0.2, 0.25) is 0 Å². The van der Waals surface area contributed by atoms with Crippen molar-refractivity contribution in [3.63, 3.8) is 0 Å². The van der Waals surface area contributed by atoms with E-state index in [0.717, 1.165) is 23.3 Å². The average Bonchev–Trinajstić information content (AvgIpc) is 2.99. The number of benzene rings is 1. The van der Waals surface area contributed by atoms with Crippen LogP contribution >= 0.6 is 11.3 Å². The molecule has 6 heteroatoms. The fourth-order valence-corrected chi connectivity index (χ4v) is 3.76. The molecule has 1 N–H and O–H groups in total. The lowest BCUT2D eigenvalue weighted by molar-refractivity contribution is 0.0859. The molecule has 0 spiro atoms. The van der Waals surface area contributed by atoms with Gasteiger partial charge in [-0.05, 0) is 12.0 Å². The maximum atomic E-state index is 12.7. The van der Waals surface area contributed by atoms with Crippen LogP contribution in [0.15, 0.2) is 30.3 Å². The Hall–Kier alpha value is -2.34. The highest BCUT2D eigenvalue weighted by molar-refractivity contribution is 7.16. The zero-order valence-corrected chi connectivity index (χ0v) is 16.7. The standard InChI is InChI=1S/C20H25NO4S/c1-20(2,3)18(22)16-14(24-4)15(25-5)17(26-16)19(23)21-12-11-13-9-7-6-8-10-13/h6-10H,11-12H2,1-5H3,(H,21,23). The molecule has 0 fully saturated rings. The highest BCUT2D eigenvalue weighted by atomic mass is 32.1. The smallest absolute Gasteiger partial charge is 0.265 e. The minimum Gasteiger partial charge on any atom is -0.491 e.